The molecule has 11 nitrogen and oxygen atoms in total. The molecule has 0 unspecified atom stereocenters. The fourth-order valence-electron chi connectivity index (χ4n) is 7.54. The second kappa shape index (κ2) is 13.9. The number of allylic oxidation sites excluding steroid dienone is 1. The number of aliphatic hydroxyl groups is 1. The van der Waals surface area contributed by atoms with Crippen LogP contribution in [0.4, 0.5) is 5.69 Å². The summed E-state index contributed by atoms with van der Waals surface area (Å²) >= 11 is 0. The highest BCUT2D eigenvalue weighted by Gasteiger charge is 2.72. The topological polar surface area (TPSA) is 135 Å². The average molecular weight is 658 g/mol. The highest BCUT2D eigenvalue weighted by Crippen LogP contribution is 2.54. The lowest BCUT2D eigenvalue weighted by molar-refractivity contribution is -0.147. The molecule has 0 bridgehead atoms. The number of amides is 3. The molecule has 8 atom stereocenters. The fourth-order valence-corrected chi connectivity index (χ4v) is 7.54. The number of rotatable bonds is 7. The van der Waals surface area contributed by atoms with E-state index < -0.39 is 59.5 Å². The minimum atomic E-state index is -1.50. The molecule has 1 spiro atoms. The first kappa shape index (κ1) is 33.4. The Labute approximate surface area is 280 Å². The van der Waals surface area contributed by atoms with Crippen LogP contribution in [0, 0.1) is 17.8 Å². The summed E-state index contributed by atoms with van der Waals surface area (Å²) in [6, 6.07) is 13.8. The van der Waals surface area contributed by atoms with Gasteiger partial charge in [-0.25, -0.2) is 0 Å². The maximum atomic E-state index is 14.9. The van der Waals surface area contributed by atoms with Gasteiger partial charge in [0.2, 0.25) is 11.8 Å². The van der Waals surface area contributed by atoms with E-state index in [0.717, 1.165) is 5.56 Å². The minimum absolute atomic E-state index is 0.0785. The highest BCUT2D eigenvalue weighted by atomic mass is 16.5. The molecule has 6 rings (SSSR count). The van der Waals surface area contributed by atoms with Gasteiger partial charge >= 0.3 is 5.97 Å². The van der Waals surface area contributed by atoms with Crippen molar-refractivity contribution in [3.8, 4) is 5.75 Å². The molecule has 4 aliphatic heterocycles. The second-order valence-corrected chi connectivity index (χ2v) is 12.9. The van der Waals surface area contributed by atoms with Crippen LogP contribution in [0.25, 0.3) is 0 Å². The molecule has 2 saturated heterocycles. The molecule has 4 aliphatic rings. The van der Waals surface area contributed by atoms with E-state index in [1.807, 2.05) is 50.3 Å². The predicted octanol–water partition coefficient (Wildman–Crippen LogP) is 3.34. The van der Waals surface area contributed by atoms with Crippen molar-refractivity contribution in [3.63, 3.8) is 0 Å². The van der Waals surface area contributed by atoms with Gasteiger partial charge in [-0.05, 0) is 42.2 Å². The van der Waals surface area contributed by atoms with Crippen molar-refractivity contribution in [1.82, 2.24) is 10.2 Å². The van der Waals surface area contributed by atoms with Crippen LogP contribution in [0.5, 0.6) is 5.75 Å². The number of ether oxygens (including phenoxy) is 3. The molecule has 4 heterocycles. The molecular weight excluding hydrogens is 614 g/mol. The van der Waals surface area contributed by atoms with E-state index in [4.69, 9.17) is 14.2 Å². The van der Waals surface area contributed by atoms with Crippen molar-refractivity contribution >= 4 is 29.4 Å². The van der Waals surface area contributed by atoms with Gasteiger partial charge in [-0.3, -0.25) is 19.2 Å². The van der Waals surface area contributed by atoms with Gasteiger partial charge in [-0.2, -0.15) is 0 Å². The third-order valence-corrected chi connectivity index (χ3v) is 10.2. The molecule has 0 radical (unpaired) electrons. The molecule has 11 heteroatoms. The lowest BCUT2D eigenvalue weighted by atomic mass is 9.77. The highest BCUT2D eigenvalue weighted by molar-refractivity contribution is 6.06. The largest absolute Gasteiger partial charge is 0.497 e. The van der Waals surface area contributed by atoms with Gasteiger partial charge in [0, 0.05) is 18.7 Å². The van der Waals surface area contributed by atoms with Crippen molar-refractivity contribution in [1.29, 1.82) is 0 Å². The average Bonchev–Trinajstić information content (AvgIpc) is 3.49. The van der Waals surface area contributed by atoms with E-state index in [0.29, 0.717) is 24.3 Å². The van der Waals surface area contributed by atoms with Gasteiger partial charge in [0.05, 0.1) is 43.7 Å². The van der Waals surface area contributed by atoms with Crippen LogP contribution in [-0.4, -0.2) is 84.4 Å². The quantitative estimate of drug-likeness (QED) is 0.342. The van der Waals surface area contributed by atoms with E-state index in [-0.39, 0.29) is 38.0 Å². The Bertz CT molecular complexity index is 1580. The van der Waals surface area contributed by atoms with Gasteiger partial charge in [-0.15, -0.1) is 0 Å². The molecule has 3 amide bonds. The first-order valence-corrected chi connectivity index (χ1v) is 16.7. The lowest BCUT2D eigenvalue weighted by Crippen LogP contribution is -2.59. The number of carbonyl (C=O) groups is 4. The van der Waals surface area contributed by atoms with Crippen LogP contribution < -0.4 is 15.0 Å². The number of likely N-dealkylation sites (tertiary alicyclic amines) is 1. The zero-order valence-corrected chi connectivity index (χ0v) is 27.5. The van der Waals surface area contributed by atoms with Crippen LogP contribution in [0.3, 0.4) is 0 Å². The van der Waals surface area contributed by atoms with Crippen molar-refractivity contribution in [2.24, 2.45) is 17.8 Å². The van der Waals surface area contributed by atoms with Crippen LogP contribution in [0.1, 0.15) is 44.7 Å². The molecule has 0 aromatic heterocycles. The summed E-state index contributed by atoms with van der Waals surface area (Å²) < 4.78 is 17.7. The monoisotopic (exact) mass is 657 g/mol. The number of esters is 1. The Kier molecular flexibility index (Phi) is 9.70. The van der Waals surface area contributed by atoms with Gasteiger partial charge in [0.15, 0.2) is 0 Å². The van der Waals surface area contributed by atoms with Gasteiger partial charge in [-0.1, -0.05) is 74.9 Å². The molecule has 2 aromatic rings. The normalized spacial score (nSPS) is 30.9. The van der Waals surface area contributed by atoms with Crippen molar-refractivity contribution < 1.29 is 38.5 Å². The van der Waals surface area contributed by atoms with Crippen LogP contribution in [0.15, 0.2) is 78.9 Å². The number of benzene rings is 2. The summed E-state index contributed by atoms with van der Waals surface area (Å²) in [5.74, 6) is -3.22. The first-order chi connectivity index (χ1) is 23.2. The van der Waals surface area contributed by atoms with Crippen molar-refractivity contribution in [2.75, 3.05) is 31.8 Å². The van der Waals surface area contributed by atoms with Crippen LogP contribution in [-0.2, 0) is 28.7 Å². The minimum Gasteiger partial charge on any atom is -0.497 e. The lowest BCUT2D eigenvalue weighted by Gasteiger charge is -2.40. The third kappa shape index (κ3) is 5.90. The maximum absolute atomic E-state index is 14.9. The summed E-state index contributed by atoms with van der Waals surface area (Å²) in [7, 11) is 1.57. The molecule has 48 heavy (non-hydrogen) atoms. The van der Waals surface area contributed by atoms with E-state index in [1.165, 1.54) is 4.90 Å². The van der Waals surface area contributed by atoms with Crippen LogP contribution in [0.2, 0.25) is 0 Å². The first-order valence-electron chi connectivity index (χ1n) is 16.7. The molecule has 2 fully saturated rings. The van der Waals surface area contributed by atoms with Gasteiger partial charge < -0.3 is 34.4 Å². The van der Waals surface area contributed by atoms with E-state index in [9.17, 15) is 24.3 Å². The Morgan fingerprint density at radius 1 is 1.04 bits per heavy atom. The van der Waals surface area contributed by atoms with E-state index in [1.54, 1.807) is 54.5 Å². The molecule has 254 valence electrons. The number of nitrogens with zero attached hydrogens (tertiary/aromatic N) is 2. The third-order valence-electron chi connectivity index (χ3n) is 10.2. The molecular formula is C37H43N3O8. The summed E-state index contributed by atoms with van der Waals surface area (Å²) in [5, 5.41) is 13.8. The number of aliphatic hydroxyl groups excluding tert-OH is 1. The maximum Gasteiger partial charge on any atom is 0.306 e. The molecule has 2 aromatic carbocycles. The molecule has 0 aliphatic carbocycles. The standard InChI is InChI=1S/C37H43N3O8/c1-4-23(2)28(21-41)40-33-36(45)39(25-15-17-26(46-3)18-16-25)20-10-19-37(33)32(35(40)44)31-29(48-37)13-8-9-14-30(42)47-22-27(38-34(31)43)24-11-6-5-7-12-24/h5-8,10-13,15-19,23,27-29,31-33,41H,4,9,14,20-22H2,1-3H3,(H,38,43)/b13-8-/t23-,27+,28-,29-,31+,32+,33-,37+/m0/s1. The summed E-state index contributed by atoms with van der Waals surface area (Å²) in [5.41, 5.74) is -0.146. The summed E-state index contributed by atoms with van der Waals surface area (Å²) in [4.78, 5) is 59.8. The van der Waals surface area contributed by atoms with Gasteiger partial charge in [0.1, 0.15) is 24.0 Å². The number of hydrogen-bond acceptors (Lipinski definition) is 8. The number of anilines is 1. The number of cyclic esters (lactones) is 1. The van der Waals surface area contributed by atoms with Crippen molar-refractivity contribution in [3.05, 3.63) is 84.5 Å². The van der Waals surface area contributed by atoms with Gasteiger partial charge in [0.25, 0.3) is 5.91 Å². The van der Waals surface area contributed by atoms with Crippen molar-refractivity contribution in [2.45, 2.75) is 62.9 Å². The number of fused-ring (bicyclic) bond motifs is 2. The number of carbonyl (C=O) groups excluding carboxylic acids is 4. The molecule has 0 saturated carbocycles. The smallest absolute Gasteiger partial charge is 0.306 e. The number of nitrogens with one attached hydrogen (secondary N) is 1. The zero-order chi connectivity index (χ0) is 34.0. The number of methoxy groups -OCH3 is 1. The SMILES string of the molecule is CC[C@H](C)[C@H](CO)N1C(=O)[C@H]2[C@@H]3C(=O)N[C@@H](c4ccccc4)COC(=O)CC/C=C\[C@@H]3O[C@]23C=CCN(c2ccc(OC)cc2)C(=O)[C@H]13. The Hall–Kier alpha value is -4.48. The molecule has 2 N–H and O–H groups in total. The predicted molar refractivity (Wildman–Crippen MR) is 177 cm³/mol. The summed E-state index contributed by atoms with van der Waals surface area (Å²) in [6.45, 7) is 3.68. The summed E-state index contributed by atoms with van der Waals surface area (Å²) in [6.07, 6.45) is 7.36. The Morgan fingerprint density at radius 3 is 2.48 bits per heavy atom. The second-order valence-electron chi connectivity index (χ2n) is 12.9. The Morgan fingerprint density at radius 2 is 1.79 bits per heavy atom. The number of hydrogen-bond donors (Lipinski definition) is 2. The Balaban J connectivity index is 1.46. The fraction of sp³-hybridized carbons (Fsp3) is 0.459. The zero-order valence-electron chi connectivity index (χ0n) is 27.5. The van der Waals surface area contributed by atoms with Crippen LogP contribution >= 0.6 is 0 Å². The van der Waals surface area contributed by atoms with E-state index in [2.05, 4.69) is 5.32 Å². The van der Waals surface area contributed by atoms with E-state index >= 15 is 0 Å².